The number of urea groups is 1. The lowest BCUT2D eigenvalue weighted by Crippen LogP contribution is -2.19. The molecule has 2 amide bonds. The third-order valence-electron chi connectivity index (χ3n) is 2.87. The average molecular weight is 306 g/mol. The zero-order valence-corrected chi connectivity index (χ0v) is 12.3. The van der Waals surface area contributed by atoms with Gasteiger partial charge < -0.3 is 21.1 Å². The van der Waals surface area contributed by atoms with Crippen LogP contribution in [0, 0.1) is 0 Å². The molecular formula is C15H16ClN3O2. The van der Waals surface area contributed by atoms with E-state index >= 15 is 0 Å². The van der Waals surface area contributed by atoms with Gasteiger partial charge in [-0.25, -0.2) is 4.79 Å². The van der Waals surface area contributed by atoms with E-state index in [1.807, 2.05) is 30.3 Å². The number of carbonyl (C=O) groups is 1. The van der Waals surface area contributed by atoms with Crippen molar-refractivity contribution in [2.45, 2.75) is 6.54 Å². The second-order valence-electron chi connectivity index (χ2n) is 4.39. The lowest BCUT2D eigenvalue weighted by atomic mass is 10.2. The van der Waals surface area contributed by atoms with Gasteiger partial charge in [-0.05, 0) is 42.0 Å². The second kappa shape index (κ2) is 6.85. The fraction of sp³-hybridized carbons (Fsp3) is 0.133. The number of nitrogens with two attached hydrogens (primary N) is 1. The van der Waals surface area contributed by atoms with Crippen molar-refractivity contribution in [3.05, 3.63) is 53.1 Å². The standard InChI is InChI=1S/C15H16ClN3O2/c1-21-14-7-2-10(8-13(14)16)9-18-11-3-5-12(6-4-11)19-15(17)20/h2-8,18H,9H2,1H3,(H3,17,19,20). The third-order valence-corrected chi connectivity index (χ3v) is 3.16. The molecule has 0 aliphatic carbocycles. The Morgan fingerprint density at radius 3 is 2.43 bits per heavy atom. The number of nitrogens with one attached hydrogen (secondary N) is 2. The van der Waals surface area contributed by atoms with E-state index in [2.05, 4.69) is 10.6 Å². The summed E-state index contributed by atoms with van der Waals surface area (Å²) in [5.41, 5.74) is 7.67. The first kappa shape index (κ1) is 15.0. The largest absolute Gasteiger partial charge is 0.495 e. The second-order valence-corrected chi connectivity index (χ2v) is 4.80. The van der Waals surface area contributed by atoms with E-state index in [0.29, 0.717) is 23.0 Å². The number of hydrogen-bond donors (Lipinski definition) is 3. The monoisotopic (exact) mass is 305 g/mol. The Morgan fingerprint density at radius 2 is 1.86 bits per heavy atom. The van der Waals surface area contributed by atoms with Gasteiger partial charge in [-0.3, -0.25) is 0 Å². The van der Waals surface area contributed by atoms with E-state index in [4.69, 9.17) is 22.1 Å². The molecule has 0 unspecified atom stereocenters. The van der Waals surface area contributed by atoms with Crippen LogP contribution in [0.1, 0.15) is 5.56 Å². The highest BCUT2D eigenvalue weighted by atomic mass is 35.5. The number of halogens is 1. The van der Waals surface area contributed by atoms with Gasteiger partial charge in [0.15, 0.2) is 0 Å². The Hall–Kier alpha value is -2.40. The molecule has 0 heterocycles. The maximum atomic E-state index is 10.7. The number of amides is 2. The number of ether oxygens (including phenoxy) is 1. The molecule has 5 nitrogen and oxygen atoms in total. The average Bonchev–Trinajstić information content (AvgIpc) is 2.46. The Morgan fingerprint density at radius 1 is 1.19 bits per heavy atom. The molecule has 0 aliphatic rings. The predicted octanol–water partition coefficient (Wildman–Crippen LogP) is 3.45. The van der Waals surface area contributed by atoms with Crippen molar-refractivity contribution in [1.29, 1.82) is 0 Å². The Balaban J connectivity index is 1.96. The van der Waals surface area contributed by atoms with E-state index in [0.717, 1.165) is 11.3 Å². The summed E-state index contributed by atoms with van der Waals surface area (Å²) in [6, 6.07) is 12.3. The minimum Gasteiger partial charge on any atom is -0.495 e. The lowest BCUT2D eigenvalue weighted by Gasteiger charge is -2.09. The molecular weight excluding hydrogens is 290 g/mol. The van der Waals surface area contributed by atoms with E-state index < -0.39 is 6.03 Å². The zero-order valence-electron chi connectivity index (χ0n) is 11.5. The van der Waals surface area contributed by atoms with Gasteiger partial charge in [0.1, 0.15) is 5.75 Å². The highest BCUT2D eigenvalue weighted by Crippen LogP contribution is 2.25. The molecule has 4 N–H and O–H groups in total. The van der Waals surface area contributed by atoms with Crippen LogP contribution in [0.15, 0.2) is 42.5 Å². The molecule has 0 spiro atoms. The van der Waals surface area contributed by atoms with Gasteiger partial charge in [-0.2, -0.15) is 0 Å². The van der Waals surface area contributed by atoms with E-state index in [1.165, 1.54) is 0 Å². The van der Waals surface area contributed by atoms with Gasteiger partial charge in [-0.1, -0.05) is 17.7 Å². The predicted molar refractivity (Wildman–Crippen MR) is 85.0 cm³/mol. The fourth-order valence-electron chi connectivity index (χ4n) is 1.84. The van der Waals surface area contributed by atoms with Crippen LogP contribution in [0.2, 0.25) is 5.02 Å². The lowest BCUT2D eigenvalue weighted by molar-refractivity contribution is 0.259. The normalized spacial score (nSPS) is 10.0. The summed E-state index contributed by atoms with van der Waals surface area (Å²) >= 11 is 6.08. The van der Waals surface area contributed by atoms with Crippen molar-refractivity contribution in [3.63, 3.8) is 0 Å². The highest BCUT2D eigenvalue weighted by molar-refractivity contribution is 6.32. The molecule has 0 saturated carbocycles. The Bertz CT molecular complexity index is 629. The van der Waals surface area contributed by atoms with Crippen molar-refractivity contribution >= 4 is 29.0 Å². The maximum absolute atomic E-state index is 10.7. The molecule has 0 bridgehead atoms. The smallest absolute Gasteiger partial charge is 0.316 e. The molecule has 21 heavy (non-hydrogen) atoms. The molecule has 2 rings (SSSR count). The maximum Gasteiger partial charge on any atom is 0.316 e. The summed E-state index contributed by atoms with van der Waals surface area (Å²) in [7, 11) is 1.58. The number of carbonyl (C=O) groups excluding carboxylic acids is 1. The molecule has 2 aromatic carbocycles. The molecule has 6 heteroatoms. The number of rotatable bonds is 5. The molecule has 2 aromatic rings. The first-order valence-electron chi connectivity index (χ1n) is 6.31. The van der Waals surface area contributed by atoms with Crippen LogP contribution in [-0.2, 0) is 6.54 Å². The van der Waals surface area contributed by atoms with Gasteiger partial charge >= 0.3 is 6.03 Å². The number of hydrogen-bond acceptors (Lipinski definition) is 3. The van der Waals surface area contributed by atoms with Crippen LogP contribution < -0.4 is 21.1 Å². The van der Waals surface area contributed by atoms with Crippen molar-refractivity contribution in [1.82, 2.24) is 0 Å². The summed E-state index contributed by atoms with van der Waals surface area (Å²) in [5.74, 6) is 0.655. The number of methoxy groups -OCH3 is 1. The molecule has 0 aromatic heterocycles. The highest BCUT2D eigenvalue weighted by Gasteiger charge is 2.02. The quantitative estimate of drug-likeness (QED) is 0.792. The van der Waals surface area contributed by atoms with E-state index in [-0.39, 0.29) is 0 Å². The Kier molecular flexibility index (Phi) is 4.90. The van der Waals surface area contributed by atoms with Crippen LogP contribution in [0.25, 0.3) is 0 Å². The molecule has 0 saturated heterocycles. The van der Waals surface area contributed by atoms with Gasteiger partial charge in [0.2, 0.25) is 0 Å². The Labute approximate surface area is 128 Å². The zero-order chi connectivity index (χ0) is 15.2. The molecule has 0 aliphatic heterocycles. The van der Waals surface area contributed by atoms with Crippen LogP contribution in [0.5, 0.6) is 5.75 Å². The number of benzene rings is 2. The minimum absolute atomic E-state index is 0.580. The summed E-state index contributed by atoms with van der Waals surface area (Å²) in [6.07, 6.45) is 0. The third kappa shape index (κ3) is 4.29. The van der Waals surface area contributed by atoms with Gasteiger partial charge in [0, 0.05) is 17.9 Å². The van der Waals surface area contributed by atoms with Crippen molar-refractivity contribution < 1.29 is 9.53 Å². The van der Waals surface area contributed by atoms with Gasteiger partial charge in [0.05, 0.1) is 12.1 Å². The summed E-state index contributed by atoms with van der Waals surface area (Å²) in [4.78, 5) is 10.7. The van der Waals surface area contributed by atoms with Crippen LogP contribution in [0.4, 0.5) is 16.2 Å². The number of anilines is 2. The molecule has 0 atom stereocenters. The van der Waals surface area contributed by atoms with Crippen LogP contribution in [0.3, 0.4) is 0 Å². The number of primary amides is 1. The molecule has 0 radical (unpaired) electrons. The van der Waals surface area contributed by atoms with Crippen molar-refractivity contribution in [3.8, 4) is 5.75 Å². The van der Waals surface area contributed by atoms with Crippen molar-refractivity contribution in [2.75, 3.05) is 17.7 Å². The first-order valence-corrected chi connectivity index (χ1v) is 6.69. The van der Waals surface area contributed by atoms with Gasteiger partial charge in [0.25, 0.3) is 0 Å². The first-order chi connectivity index (χ1) is 10.1. The summed E-state index contributed by atoms with van der Waals surface area (Å²) < 4.78 is 5.11. The van der Waals surface area contributed by atoms with Crippen LogP contribution in [-0.4, -0.2) is 13.1 Å². The van der Waals surface area contributed by atoms with E-state index in [9.17, 15) is 4.79 Å². The summed E-state index contributed by atoms with van der Waals surface area (Å²) in [6.45, 7) is 0.631. The topological polar surface area (TPSA) is 76.4 Å². The van der Waals surface area contributed by atoms with Gasteiger partial charge in [-0.15, -0.1) is 0 Å². The minimum atomic E-state index is -0.580. The van der Waals surface area contributed by atoms with Crippen LogP contribution >= 0.6 is 11.6 Å². The summed E-state index contributed by atoms with van der Waals surface area (Å²) in [5, 5.41) is 6.35. The SMILES string of the molecule is COc1ccc(CNc2ccc(NC(N)=O)cc2)cc1Cl. The van der Waals surface area contributed by atoms with E-state index in [1.54, 1.807) is 19.2 Å². The fourth-order valence-corrected chi connectivity index (χ4v) is 2.12. The van der Waals surface area contributed by atoms with Crippen molar-refractivity contribution in [2.24, 2.45) is 5.73 Å². The molecule has 110 valence electrons. The molecule has 0 fully saturated rings.